The first-order chi connectivity index (χ1) is 8.67. The number of ether oxygens (including phenoxy) is 2. The van der Waals surface area contributed by atoms with Gasteiger partial charge in [-0.25, -0.2) is 9.59 Å². The average molecular weight is 251 g/mol. The summed E-state index contributed by atoms with van der Waals surface area (Å²) in [6, 6.07) is 6.52. The molecule has 0 aliphatic carbocycles. The predicted octanol–water partition coefficient (Wildman–Crippen LogP) is 2.82. The first-order valence-corrected chi connectivity index (χ1v) is 5.88. The Morgan fingerprint density at radius 2 is 2.00 bits per heavy atom. The molecule has 0 fully saturated rings. The molecule has 0 aliphatic heterocycles. The molecule has 1 amide bonds. The lowest BCUT2D eigenvalue weighted by Crippen LogP contribution is -2.14. The van der Waals surface area contributed by atoms with Crippen molar-refractivity contribution in [2.24, 2.45) is 0 Å². The molecule has 0 aliphatic rings. The van der Waals surface area contributed by atoms with Crippen LogP contribution in [0.2, 0.25) is 0 Å². The van der Waals surface area contributed by atoms with Gasteiger partial charge in [-0.3, -0.25) is 5.32 Å². The van der Waals surface area contributed by atoms with Crippen LogP contribution in [0.3, 0.4) is 0 Å². The minimum absolute atomic E-state index is 0.315. The number of carbonyl (C=O) groups is 2. The van der Waals surface area contributed by atoms with E-state index in [0.717, 1.165) is 6.42 Å². The lowest BCUT2D eigenvalue weighted by Gasteiger charge is -2.07. The molecule has 0 atom stereocenters. The molecular formula is C13H17NO4. The van der Waals surface area contributed by atoms with Gasteiger partial charge in [0.15, 0.2) is 0 Å². The summed E-state index contributed by atoms with van der Waals surface area (Å²) in [6.45, 7) is 4.33. The number of nitrogens with one attached hydrogen (secondary N) is 1. The summed E-state index contributed by atoms with van der Waals surface area (Å²) in [5.41, 5.74) is 0.895. The van der Waals surface area contributed by atoms with E-state index >= 15 is 0 Å². The second kappa shape index (κ2) is 7.32. The molecule has 18 heavy (non-hydrogen) atoms. The summed E-state index contributed by atoms with van der Waals surface area (Å²) < 4.78 is 9.75. The molecule has 0 radical (unpaired) electrons. The normalized spacial score (nSPS) is 9.67. The summed E-state index contributed by atoms with van der Waals surface area (Å²) in [4.78, 5) is 22.8. The van der Waals surface area contributed by atoms with E-state index in [-0.39, 0.29) is 0 Å². The molecule has 5 heteroatoms. The second-order valence-corrected chi connectivity index (χ2v) is 3.56. The molecule has 1 aromatic rings. The standard InChI is InChI=1S/C13H17NO4/c1-3-8-18-13(16)14-11-7-5-6-10(9-11)12(15)17-4-2/h5-7,9H,3-4,8H2,1-2H3,(H,14,16). The minimum Gasteiger partial charge on any atom is -0.462 e. The Morgan fingerprint density at radius 3 is 2.67 bits per heavy atom. The zero-order valence-electron chi connectivity index (χ0n) is 10.6. The van der Waals surface area contributed by atoms with Gasteiger partial charge in [-0.1, -0.05) is 13.0 Å². The number of hydrogen-bond acceptors (Lipinski definition) is 4. The first-order valence-electron chi connectivity index (χ1n) is 5.88. The average Bonchev–Trinajstić information content (AvgIpc) is 2.37. The number of benzene rings is 1. The maximum absolute atomic E-state index is 11.5. The van der Waals surface area contributed by atoms with Gasteiger partial charge in [0.05, 0.1) is 18.8 Å². The number of anilines is 1. The fourth-order valence-corrected chi connectivity index (χ4v) is 1.29. The van der Waals surface area contributed by atoms with Crippen LogP contribution in [0.1, 0.15) is 30.6 Å². The molecule has 0 saturated carbocycles. The lowest BCUT2D eigenvalue weighted by molar-refractivity contribution is 0.0526. The van der Waals surface area contributed by atoms with Crippen LogP contribution in [-0.2, 0) is 9.47 Å². The van der Waals surface area contributed by atoms with E-state index in [0.29, 0.717) is 24.5 Å². The van der Waals surface area contributed by atoms with E-state index in [2.05, 4.69) is 5.32 Å². The Morgan fingerprint density at radius 1 is 1.22 bits per heavy atom. The number of rotatable bonds is 5. The molecule has 0 aromatic heterocycles. The zero-order chi connectivity index (χ0) is 13.4. The first kappa shape index (κ1) is 14.0. The number of esters is 1. The van der Waals surface area contributed by atoms with Crippen molar-refractivity contribution in [2.45, 2.75) is 20.3 Å². The van der Waals surface area contributed by atoms with Gasteiger partial charge in [0, 0.05) is 5.69 Å². The maximum Gasteiger partial charge on any atom is 0.411 e. The Balaban J connectivity index is 2.64. The molecule has 1 aromatic carbocycles. The van der Waals surface area contributed by atoms with Crippen LogP contribution in [0.25, 0.3) is 0 Å². The highest BCUT2D eigenvalue weighted by molar-refractivity contribution is 5.92. The molecule has 0 spiro atoms. The van der Waals surface area contributed by atoms with Crippen LogP contribution in [0, 0.1) is 0 Å². The van der Waals surface area contributed by atoms with Crippen LogP contribution < -0.4 is 5.32 Å². The van der Waals surface area contributed by atoms with Crippen molar-refractivity contribution in [1.29, 1.82) is 0 Å². The van der Waals surface area contributed by atoms with Gasteiger partial charge < -0.3 is 9.47 Å². The van der Waals surface area contributed by atoms with Crippen LogP contribution in [0.4, 0.5) is 10.5 Å². The molecule has 1 N–H and O–H groups in total. The molecular weight excluding hydrogens is 234 g/mol. The van der Waals surface area contributed by atoms with Gasteiger partial charge in [0.2, 0.25) is 0 Å². The van der Waals surface area contributed by atoms with E-state index in [1.54, 1.807) is 31.2 Å². The maximum atomic E-state index is 11.5. The quantitative estimate of drug-likeness (QED) is 0.817. The number of carbonyl (C=O) groups excluding carboxylic acids is 2. The predicted molar refractivity (Wildman–Crippen MR) is 67.7 cm³/mol. The molecule has 0 unspecified atom stereocenters. The molecule has 1 rings (SSSR count). The minimum atomic E-state index is -0.530. The van der Waals surface area contributed by atoms with Crippen molar-refractivity contribution >= 4 is 17.7 Å². The number of amides is 1. The summed E-state index contributed by atoms with van der Waals surface area (Å²) in [5.74, 6) is -0.414. The van der Waals surface area contributed by atoms with Crippen molar-refractivity contribution < 1.29 is 19.1 Å². The SMILES string of the molecule is CCCOC(=O)Nc1cccc(C(=O)OCC)c1. The highest BCUT2D eigenvalue weighted by Gasteiger charge is 2.08. The molecule has 0 bridgehead atoms. The van der Waals surface area contributed by atoms with Crippen molar-refractivity contribution in [3.63, 3.8) is 0 Å². The third kappa shape index (κ3) is 4.45. The van der Waals surface area contributed by atoms with Crippen molar-refractivity contribution in [3.8, 4) is 0 Å². The monoisotopic (exact) mass is 251 g/mol. The lowest BCUT2D eigenvalue weighted by atomic mass is 10.2. The van der Waals surface area contributed by atoms with E-state index < -0.39 is 12.1 Å². The fraction of sp³-hybridized carbons (Fsp3) is 0.385. The largest absolute Gasteiger partial charge is 0.462 e. The van der Waals surface area contributed by atoms with Crippen LogP contribution in [0.5, 0.6) is 0 Å². The Labute approximate surface area is 106 Å². The highest BCUT2D eigenvalue weighted by Crippen LogP contribution is 2.12. The Hall–Kier alpha value is -2.04. The van der Waals surface area contributed by atoms with Crippen LogP contribution in [-0.4, -0.2) is 25.3 Å². The summed E-state index contributed by atoms with van der Waals surface area (Å²) >= 11 is 0. The van der Waals surface area contributed by atoms with Gasteiger partial charge in [-0.2, -0.15) is 0 Å². The summed E-state index contributed by atoms with van der Waals surface area (Å²) in [7, 11) is 0. The van der Waals surface area contributed by atoms with E-state index in [9.17, 15) is 9.59 Å². The topological polar surface area (TPSA) is 64.6 Å². The van der Waals surface area contributed by atoms with Crippen molar-refractivity contribution in [1.82, 2.24) is 0 Å². The van der Waals surface area contributed by atoms with E-state index in [1.807, 2.05) is 6.92 Å². The molecule has 0 heterocycles. The van der Waals surface area contributed by atoms with Crippen molar-refractivity contribution in [3.05, 3.63) is 29.8 Å². The zero-order valence-corrected chi connectivity index (χ0v) is 10.6. The third-order valence-electron chi connectivity index (χ3n) is 2.06. The Kier molecular flexibility index (Phi) is 5.70. The summed E-state index contributed by atoms with van der Waals surface area (Å²) in [6.07, 6.45) is 0.230. The smallest absolute Gasteiger partial charge is 0.411 e. The van der Waals surface area contributed by atoms with Gasteiger partial charge in [-0.05, 0) is 31.5 Å². The second-order valence-electron chi connectivity index (χ2n) is 3.56. The summed E-state index contributed by atoms with van der Waals surface area (Å²) in [5, 5.41) is 2.55. The van der Waals surface area contributed by atoms with Gasteiger partial charge >= 0.3 is 12.1 Å². The van der Waals surface area contributed by atoms with E-state index in [4.69, 9.17) is 9.47 Å². The highest BCUT2D eigenvalue weighted by atomic mass is 16.5. The molecule has 98 valence electrons. The van der Waals surface area contributed by atoms with Gasteiger partial charge in [0.25, 0.3) is 0 Å². The molecule has 0 saturated heterocycles. The van der Waals surface area contributed by atoms with Gasteiger partial charge in [-0.15, -0.1) is 0 Å². The van der Waals surface area contributed by atoms with Crippen LogP contribution in [0.15, 0.2) is 24.3 Å². The van der Waals surface area contributed by atoms with Crippen LogP contribution >= 0.6 is 0 Å². The van der Waals surface area contributed by atoms with Crippen molar-refractivity contribution in [2.75, 3.05) is 18.5 Å². The Bertz CT molecular complexity index is 417. The van der Waals surface area contributed by atoms with E-state index in [1.165, 1.54) is 0 Å². The van der Waals surface area contributed by atoms with Gasteiger partial charge in [0.1, 0.15) is 0 Å². The molecule has 5 nitrogen and oxygen atoms in total. The number of hydrogen-bond donors (Lipinski definition) is 1. The fourth-order valence-electron chi connectivity index (χ4n) is 1.29. The third-order valence-corrected chi connectivity index (χ3v) is 2.06.